The van der Waals surface area contributed by atoms with E-state index in [1.165, 1.54) is 11.3 Å². The van der Waals surface area contributed by atoms with Crippen molar-refractivity contribution < 1.29 is 4.79 Å². The first kappa shape index (κ1) is 16.4. The lowest BCUT2D eigenvalue weighted by Gasteiger charge is -2.20. The number of nitrogens with one attached hydrogen (secondary N) is 1. The van der Waals surface area contributed by atoms with Gasteiger partial charge in [0.2, 0.25) is 4.96 Å². The van der Waals surface area contributed by atoms with Crippen LogP contribution in [0.25, 0.3) is 4.96 Å². The zero-order valence-electron chi connectivity index (χ0n) is 14.2. The standard InChI is InChI=1S/C15H21N7OS/c1-10-7-11(2)21(19-10)6-5-20(4)14(23)17-12(3)13-8-22-15(18-13)24-9-16-22/h7-9,12H,5-6H2,1-4H3,(H,17,23). The Morgan fingerprint density at radius 2 is 2.25 bits per heavy atom. The predicted octanol–water partition coefficient (Wildman–Crippen LogP) is 2.01. The molecule has 3 heterocycles. The minimum Gasteiger partial charge on any atom is -0.330 e. The van der Waals surface area contributed by atoms with Crippen molar-refractivity contribution in [3.63, 3.8) is 0 Å². The summed E-state index contributed by atoms with van der Waals surface area (Å²) < 4.78 is 3.63. The Morgan fingerprint density at radius 3 is 2.92 bits per heavy atom. The number of rotatable bonds is 5. The Balaban J connectivity index is 1.55. The Kier molecular flexibility index (Phi) is 4.52. The summed E-state index contributed by atoms with van der Waals surface area (Å²) in [4.78, 5) is 19.3. The lowest BCUT2D eigenvalue weighted by atomic mass is 10.2. The Bertz CT molecular complexity index is 821. The molecule has 9 heteroatoms. The number of urea groups is 1. The summed E-state index contributed by atoms with van der Waals surface area (Å²) >= 11 is 1.47. The SMILES string of the molecule is Cc1cc(C)n(CCN(C)C(=O)NC(C)c2cn3ncsc3n2)n1. The predicted molar refractivity (Wildman–Crippen MR) is 92.1 cm³/mol. The van der Waals surface area contributed by atoms with Gasteiger partial charge >= 0.3 is 6.03 Å². The fraction of sp³-hybridized carbons (Fsp3) is 0.467. The van der Waals surface area contributed by atoms with Crippen LogP contribution in [0, 0.1) is 13.8 Å². The highest BCUT2D eigenvalue weighted by molar-refractivity contribution is 7.14. The molecule has 0 aliphatic rings. The van der Waals surface area contributed by atoms with Crippen LogP contribution in [0.15, 0.2) is 17.8 Å². The van der Waals surface area contributed by atoms with E-state index in [0.29, 0.717) is 13.1 Å². The van der Waals surface area contributed by atoms with Gasteiger partial charge in [-0.05, 0) is 26.8 Å². The van der Waals surface area contributed by atoms with E-state index < -0.39 is 0 Å². The van der Waals surface area contributed by atoms with Gasteiger partial charge in [0, 0.05) is 19.3 Å². The van der Waals surface area contributed by atoms with Gasteiger partial charge in [0.05, 0.1) is 30.2 Å². The molecule has 0 fully saturated rings. The molecule has 0 saturated heterocycles. The van der Waals surface area contributed by atoms with E-state index in [0.717, 1.165) is 22.0 Å². The quantitative estimate of drug-likeness (QED) is 0.765. The Hall–Kier alpha value is -2.42. The maximum atomic E-state index is 12.3. The second-order valence-corrected chi connectivity index (χ2v) is 6.69. The maximum Gasteiger partial charge on any atom is 0.317 e. The number of imidazole rings is 1. The second-order valence-electron chi connectivity index (χ2n) is 5.87. The molecule has 128 valence electrons. The van der Waals surface area contributed by atoms with Crippen LogP contribution < -0.4 is 5.32 Å². The number of aromatic nitrogens is 5. The molecule has 8 nitrogen and oxygen atoms in total. The average Bonchev–Trinajstić information content (AvgIpc) is 3.19. The fourth-order valence-corrected chi connectivity index (χ4v) is 3.09. The van der Waals surface area contributed by atoms with Crippen LogP contribution >= 0.6 is 11.3 Å². The van der Waals surface area contributed by atoms with Gasteiger partial charge < -0.3 is 10.2 Å². The molecule has 3 aromatic rings. The molecule has 1 unspecified atom stereocenters. The minimum atomic E-state index is -0.178. The lowest BCUT2D eigenvalue weighted by Crippen LogP contribution is -2.40. The van der Waals surface area contributed by atoms with E-state index in [1.807, 2.05) is 37.7 Å². The largest absolute Gasteiger partial charge is 0.330 e. The molecule has 3 rings (SSSR count). The molecule has 3 aromatic heterocycles. The van der Waals surface area contributed by atoms with Crippen molar-refractivity contribution in [1.82, 2.24) is 34.6 Å². The van der Waals surface area contributed by atoms with Crippen molar-refractivity contribution >= 4 is 22.3 Å². The van der Waals surface area contributed by atoms with Crippen molar-refractivity contribution in [2.75, 3.05) is 13.6 Å². The van der Waals surface area contributed by atoms with Gasteiger partial charge in [-0.2, -0.15) is 10.2 Å². The summed E-state index contributed by atoms with van der Waals surface area (Å²) in [5.74, 6) is 0. The molecule has 2 amide bonds. The number of hydrogen-bond donors (Lipinski definition) is 1. The summed E-state index contributed by atoms with van der Waals surface area (Å²) in [6.07, 6.45) is 1.84. The monoisotopic (exact) mass is 347 g/mol. The molecule has 0 bridgehead atoms. The number of fused-ring (bicyclic) bond motifs is 1. The van der Waals surface area contributed by atoms with E-state index >= 15 is 0 Å². The highest BCUT2D eigenvalue weighted by Crippen LogP contribution is 2.15. The summed E-state index contributed by atoms with van der Waals surface area (Å²) in [6.45, 7) is 7.15. The summed E-state index contributed by atoms with van der Waals surface area (Å²) in [5.41, 5.74) is 4.62. The number of likely N-dealkylation sites (N-methyl/N-ethyl adjacent to an activating group) is 1. The molecule has 0 saturated carbocycles. The molecule has 0 aromatic carbocycles. The van der Waals surface area contributed by atoms with E-state index in [-0.39, 0.29) is 12.1 Å². The second kappa shape index (κ2) is 6.60. The van der Waals surface area contributed by atoms with Gasteiger partial charge in [-0.15, -0.1) is 0 Å². The molecular weight excluding hydrogens is 326 g/mol. The van der Waals surface area contributed by atoms with Crippen LogP contribution in [0.3, 0.4) is 0 Å². The lowest BCUT2D eigenvalue weighted by molar-refractivity contribution is 0.203. The Labute approximate surface area is 144 Å². The number of hydrogen-bond acceptors (Lipinski definition) is 5. The number of carbonyl (C=O) groups is 1. The summed E-state index contributed by atoms with van der Waals surface area (Å²) in [6, 6.07) is 1.72. The topological polar surface area (TPSA) is 80.4 Å². The van der Waals surface area contributed by atoms with Gasteiger partial charge in [-0.25, -0.2) is 14.3 Å². The summed E-state index contributed by atoms with van der Waals surface area (Å²) in [7, 11) is 1.78. The first-order valence-corrected chi connectivity index (χ1v) is 8.63. The van der Waals surface area contributed by atoms with Crippen molar-refractivity contribution in [2.45, 2.75) is 33.4 Å². The highest BCUT2D eigenvalue weighted by atomic mass is 32.1. The normalized spacial score (nSPS) is 12.5. The van der Waals surface area contributed by atoms with Gasteiger partial charge in [0.25, 0.3) is 0 Å². The number of carbonyl (C=O) groups excluding carboxylic acids is 1. The zero-order valence-corrected chi connectivity index (χ0v) is 15.0. The van der Waals surface area contributed by atoms with Gasteiger partial charge in [-0.1, -0.05) is 11.3 Å². The van der Waals surface area contributed by atoms with Crippen molar-refractivity contribution in [2.24, 2.45) is 0 Å². The van der Waals surface area contributed by atoms with Crippen molar-refractivity contribution in [3.8, 4) is 0 Å². The van der Waals surface area contributed by atoms with Gasteiger partial charge in [0.1, 0.15) is 5.51 Å². The fourth-order valence-electron chi connectivity index (χ4n) is 2.48. The molecule has 1 atom stereocenters. The molecule has 0 spiro atoms. The minimum absolute atomic E-state index is 0.131. The van der Waals surface area contributed by atoms with Crippen LogP contribution in [0.5, 0.6) is 0 Å². The number of amides is 2. The van der Waals surface area contributed by atoms with E-state index in [1.54, 1.807) is 22.0 Å². The van der Waals surface area contributed by atoms with E-state index in [4.69, 9.17) is 0 Å². The highest BCUT2D eigenvalue weighted by Gasteiger charge is 2.16. The van der Waals surface area contributed by atoms with Gasteiger partial charge in [-0.3, -0.25) is 4.68 Å². The molecule has 0 aliphatic heterocycles. The van der Waals surface area contributed by atoms with E-state index in [2.05, 4.69) is 20.5 Å². The zero-order chi connectivity index (χ0) is 17.3. The summed E-state index contributed by atoms with van der Waals surface area (Å²) in [5, 5.41) is 11.5. The van der Waals surface area contributed by atoms with Crippen molar-refractivity contribution in [3.05, 3.63) is 34.9 Å². The average molecular weight is 347 g/mol. The maximum absolute atomic E-state index is 12.3. The molecular formula is C15H21N7OS. The third-order valence-corrected chi connectivity index (χ3v) is 4.57. The molecule has 0 aliphatic carbocycles. The Morgan fingerprint density at radius 1 is 1.46 bits per heavy atom. The van der Waals surface area contributed by atoms with Gasteiger partial charge in [0.15, 0.2) is 0 Å². The number of nitrogens with zero attached hydrogens (tertiary/aromatic N) is 6. The van der Waals surface area contributed by atoms with Crippen LogP contribution in [0.4, 0.5) is 4.79 Å². The van der Waals surface area contributed by atoms with Crippen LogP contribution in [-0.2, 0) is 6.54 Å². The third kappa shape index (κ3) is 3.40. The first-order valence-electron chi connectivity index (χ1n) is 7.75. The van der Waals surface area contributed by atoms with Crippen molar-refractivity contribution in [1.29, 1.82) is 0 Å². The number of aryl methyl sites for hydroxylation is 2. The van der Waals surface area contributed by atoms with Crippen LogP contribution in [0.1, 0.15) is 30.0 Å². The van der Waals surface area contributed by atoms with Crippen LogP contribution in [0.2, 0.25) is 0 Å². The molecule has 24 heavy (non-hydrogen) atoms. The smallest absolute Gasteiger partial charge is 0.317 e. The first-order chi connectivity index (χ1) is 11.4. The van der Waals surface area contributed by atoms with Crippen LogP contribution in [-0.4, -0.2) is 48.9 Å². The van der Waals surface area contributed by atoms with E-state index in [9.17, 15) is 4.79 Å². The third-order valence-electron chi connectivity index (χ3n) is 3.89. The molecule has 0 radical (unpaired) electrons. The molecule has 1 N–H and O–H groups in total.